The fourth-order valence-corrected chi connectivity index (χ4v) is 1.39. The summed E-state index contributed by atoms with van der Waals surface area (Å²) in [5.74, 6) is 0. The van der Waals surface area contributed by atoms with Gasteiger partial charge in [0.05, 0.1) is 12.2 Å². The molecular weight excluding hydrogens is 254 g/mol. The molecule has 0 saturated heterocycles. The van der Waals surface area contributed by atoms with Crippen molar-refractivity contribution in [1.29, 1.82) is 0 Å². The van der Waals surface area contributed by atoms with Gasteiger partial charge in [0.2, 0.25) is 0 Å². The normalized spacial score (nSPS) is 12.3. The molecule has 0 fully saturated rings. The third-order valence-corrected chi connectivity index (χ3v) is 2.15. The molecule has 0 bridgehead atoms. The number of ether oxygens (including phenoxy) is 1. The molecule has 2 N–H and O–H groups in total. The number of nitrogens with one attached hydrogen (secondary N) is 2. The second kappa shape index (κ2) is 7.16. The molecule has 0 aliphatic heterocycles. The van der Waals surface area contributed by atoms with E-state index in [1.54, 1.807) is 4.90 Å². The van der Waals surface area contributed by atoms with Gasteiger partial charge in [0, 0.05) is 14.1 Å². The van der Waals surface area contributed by atoms with Gasteiger partial charge in [-0.15, -0.1) is 0 Å². The molecule has 0 atom stereocenters. The summed E-state index contributed by atoms with van der Waals surface area (Å²) in [6, 6.07) is 0. The largest absolute Gasteiger partial charge is 0.444 e. The molecule has 6 heteroatoms. The van der Waals surface area contributed by atoms with Crippen molar-refractivity contribution in [2.75, 3.05) is 20.6 Å². The van der Waals surface area contributed by atoms with E-state index in [1.165, 1.54) is 6.20 Å². The van der Waals surface area contributed by atoms with Crippen LogP contribution in [0.3, 0.4) is 0 Å². The van der Waals surface area contributed by atoms with Gasteiger partial charge in [-0.25, -0.2) is 4.79 Å². The molecule has 104 valence electrons. The van der Waals surface area contributed by atoms with E-state index in [9.17, 15) is 4.79 Å². The zero-order chi connectivity index (χ0) is 14.3. The minimum Gasteiger partial charge on any atom is -0.444 e. The van der Waals surface area contributed by atoms with Crippen molar-refractivity contribution >= 4 is 17.7 Å². The number of carbonyl (C=O) groups excluding carboxylic acids is 1. The highest BCUT2D eigenvalue weighted by atomic mass is 35.5. The Labute approximate surface area is 114 Å². The van der Waals surface area contributed by atoms with Gasteiger partial charge in [0.15, 0.2) is 0 Å². The predicted octanol–water partition coefficient (Wildman–Crippen LogP) is 2.21. The summed E-state index contributed by atoms with van der Waals surface area (Å²) in [7, 11) is 3.67. The number of amides is 1. The number of halogens is 1. The SMILES string of the molecule is C=CN/C(Cl)=C(/CNC(=O)OC(C)(C)C)N(C)C. The summed E-state index contributed by atoms with van der Waals surface area (Å²) in [5, 5.41) is 5.82. The standard InChI is InChI=1S/C12H22ClN3O2/c1-7-14-10(13)9(16(5)6)8-15-11(17)18-12(2,3)4/h7,14H,1,8H2,2-6H3,(H,15,17)/b10-9-. The Balaban J connectivity index is 4.51. The Morgan fingerprint density at radius 1 is 1.44 bits per heavy atom. The average Bonchev–Trinajstić information content (AvgIpc) is 2.14. The maximum absolute atomic E-state index is 11.5. The van der Waals surface area contributed by atoms with Crippen LogP contribution in [-0.2, 0) is 4.74 Å². The predicted molar refractivity (Wildman–Crippen MR) is 74.1 cm³/mol. The van der Waals surface area contributed by atoms with Crippen molar-refractivity contribution in [2.45, 2.75) is 26.4 Å². The molecule has 0 unspecified atom stereocenters. The van der Waals surface area contributed by atoms with Crippen LogP contribution in [0.5, 0.6) is 0 Å². The highest BCUT2D eigenvalue weighted by Crippen LogP contribution is 2.09. The molecular formula is C12H22ClN3O2. The van der Waals surface area contributed by atoms with E-state index in [0.29, 0.717) is 5.16 Å². The molecule has 0 radical (unpaired) electrons. The smallest absolute Gasteiger partial charge is 0.407 e. The molecule has 0 aromatic heterocycles. The number of alkyl carbamates (subject to hydrolysis) is 1. The zero-order valence-electron chi connectivity index (χ0n) is 11.6. The lowest BCUT2D eigenvalue weighted by Gasteiger charge is -2.22. The van der Waals surface area contributed by atoms with Crippen LogP contribution in [0.25, 0.3) is 0 Å². The zero-order valence-corrected chi connectivity index (χ0v) is 12.4. The quantitative estimate of drug-likeness (QED) is 0.756. The van der Waals surface area contributed by atoms with Crippen LogP contribution in [0.2, 0.25) is 0 Å². The molecule has 0 aromatic rings. The summed E-state index contributed by atoms with van der Waals surface area (Å²) in [4.78, 5) is 13.3. The number of hydrogen-bond acceptors (Lipinski definition) is 4. The van der Waals surface area contributed by atoms with Crippen LogP contribution >= 0.6 is 11.6 Å². The second-order valence-corrected chi connectivity index (χ2v) is 5.24. The molecule has 0 heterocycles. The Morgan fingerprint density at radius 2 is 2.00 bits per heavy atom. The van der Waals surface area contributed by atoms with Gasteiger partial charge in [-0.3, -0.25) is 0 Å². The van der Waals surface area contributed by atoms with Crippen LogP contribution in [0.15, 0.2) is 23.6 Å². The fraction of sp³-hybridized carbons (Fsp3) is 0.583. The third-order valence-electron chi connectivity index (χ3n) is 1.82. The van der Waals surface area contributed by atoms with Crippen molar-refractivity contribution in [3.63, 3.8) is 0 Å². The number of hydrogen-bond donors (Lipinski definition) is 2. The first-order chi connectivity index (χ1) is 8.17. The Bertz CT molecular complexity index is 333. The van der Waals surface area contributed by atoms with E-state index < -0.39 is 11.7 Å². The fourth-order valence-electron chi connectivity index (χ4n) is 1.08. The molecule has 0 aliphatic carbocycles. The van der Waals surface area contributed by atoms with Crippen LogP contribution < -0.4 is 10.6 Å². The van der Waals surface area contributed by atoms with Gasteiger partial charge in [-0.05, 0) is 27.0 Å². The van der Waals surface area contributed by atoms with E-state index in [4.69, 9.17) is 16.3 Å². The first-order valence-corrected chi connectivity index (χ1v) is 5.95. The van der Waals surface area contributed by atoms with Gasteiger partial charge < -0.3 is 20.3 Å². The van der Waals surface area contributed by atoms with Crippen LogP contribution in [0.4, 0.5) is 4.79 Å². The lowest BCUT2D eigenvalue weighted by atomic mass is 10.2. The Hall–Kier alpha value is -1.36. The summed E-state index contributed by atoms with van der Waals surface area (Å²) in [5.41, 5.74) is 0.206. The second-order valence-electron chi connectivity index (χ2n) is 4.86. The van der Waals surface area contributed by atoms with Gasteiger partial charge in [0.1, 0.15) is 10.8 Å². The van der Waals surface area contributed by atoms with Crippen molar-refractivity contribution in [1.82, 2.24) is 15.5 Å². The van der Waals surface area contributed by atoms with E-state index in [0.717, 1.165) is 5.70 Å². The van der Waals surface area contributed by atoms with Crippen molar-refractivity contribution in [3.8, 4) is 0 Å². The number of carbonyl (C=O) groups is 1. The van der Waals surface area contributed by atoms with E-state index in [-0.39, 0.29) is 6.54 Å². The molecule has 0 spiro atoms. The molecule has 18 heavy (non-hydrogen) atoms. The number of nitrogens with zero attached hydrogens (tertiary/aromatic N) is 1. The highest BCUT2D eigenvalue weighted by Gasteiger charge is 2.17. The first-order valence-electron chi connectivity index (χ1n) is 5.57. The topological polar surface area (TPSA) is 53.6 Å². The van der Waals surface area contributed by atoms with E-state index in [2.05, 4.69) is 17.2 Å². The minimum atomic E-state index is -0.519. The van der Waals surface area contributed by atoms with Crippen molar-refractivity contribution in [3.05, 3.63) is 23.6 Å². The Kier molecular flexibility index (Phi) is 6.62. The maximum Gasteiger partial charge on any atom is 0.407 e. The molecule has 0 rings (SSSR count). The van der Waals surface area contributed by atoms with Crippen LogP contribution in [0, 0.1) is 0 Å². The Morgan fingerprint density at radius 3 is 2.39 bits per heavy atom. The van der Waals surface area contributed by atoms with Gasteiger partial charge in [0.25, 0.3) is 0 Å². The first kappa shape index (κ1) is 16.6. The minimum absolute atomic E-state index is 0.265. The van der Waals surface area contributed by atoms with Gasteiger partial charge in [-0.1, -0.05) is 18.2 Å². The molecule has 0 aliphatic rings. The summed E-state index contributed by atoms with van der Waals surface area (Å²) in [6.45, 7) is 9.21. The molecule has 0 saturated carbocycles. The van der Waals surface area contributed by atoms with E-state index in [1.807, 2.05) is 34.9 Å². The monoisotopic (exact) mass is 275 g/mol. The third kappa shape index (κ3) is 7.06. The lowest BCUT2D eigenvalue weighted by molar-refractivity contribution is 0.0530. The molecule has 0 aromatic carbocycles. The molecule has 1 amide bonds. The number of rotatable bonds is 5. The summed E-state index contributed by atoms with van der Waals surface area (Å²) in [6.07, 6.45) is 0.990. The summed E-state index contributed by atoms with van der Waals surface area (Å²) >= 11 is 6.02. The van der Waals surface area contributed by atoms with E-state index >= 15 is 0 Å². The lowest BCUT2D eigenvalue weighted by Crippen LogP contribution is -2.36. The highest BCUT2D eigenvalue weighted by molar-refractivity contribution is 6.29. The van der Waals surface area contributed by atoms with Crippen molar-refractivity contribution < 1.29 is 9.53 Å². The van der Waals surface area contributed by atoms with Crippen LogP contribution in [0.1, 0.15) is 20.8 Å². The van der Waals surface area contributed by atoms with Crippen molar-refractivity contribution in [2.24, 2.45) is 0 Å². The maximum atomic E-state index is 11.5. The summed E-state index contributed by atoms with van der Waals surface area (Å²) < 4.78 is 5.13. The van der Waals surface area contributed by atoms with Crippen LogP contribution in [-0.4, -0.2) is 37.2 Å². The van der Waals surface area contributed by atoms with Gasteiger partial charge >= 0.3 is 6.09 Å². The number of likely N-dealkylation sites (N-methyl/N-ethyl adjacent to an activating group) is 1. The molecule has 5 nitrogen and oxygen atoms in total. The average molecular weight is 276 g/mol. The van der Waals surface area contributed by atoms with Gasteiger partial charge in [-0.2, -0.15) is 0 Å².